The molecule has 7 heteroatoms. The van der Waals surface area contributed by atoms with Crippen LogP contribution < -0.4 is 11.1 Å². The van der Waals surface area contributed by atoms with Gasteiger partial charge in [0.25, 0.3) is 0 Å². The van der Waals surface area contributed by atoms with E-state index >= 15 is 0 Å². The Kier molecular flexibility index (Phi) is 5.33. The molecule has 120 valence electrons. The predicted molar refractivity (Wildman–Crippen MR) is 79.3 cm³/mol. The van der Waals surface area contributed by atoms with Gasteiger partial charge in [-0.1, -0.05) is 13.8 Å². The minimum absolute atomic E-state index is 0.00163. The Bertz CT molecular complexity index is 434. The molecule has 0 aromatic carbocycles. The lowest BCUT2D eigenvalue weighted by molar-refractivity contribution is -0.157. The van der Waals surface area contributed by atoms with Crippen LogP contribution >= 0.6 is 0 Å². The third-order valence-corrected chi connectivity index (χ3v) is 3.94. The van der Waals surface area contributed by atoms with Crippen molar-refractivity contribution < 1.29 is 14.4 Å². The van der Waals surface area contributed by atoms with Crippen LogP contribution in [0.2, 0.25) is 0 Å². The summed E-state index contributed by atoms with van der Waals surface area (Å²) < 4.78 is 0. The van der Waals surface area contributed by atoms with E-state index in [4.69, 9.17) is 5.73 Å². The van der Waals surface area contributed by atoms with E-state index < -0.39 is 11.6 Å². The summed E-state index contributed by atoms with van der Waals surface area (Å²) in [5, 5.41) is 2.54. The van der Waals surface area contributed by atoms with Crippen LogP contribution in [0.25, 0.3) is 0 Å². The molecule has 0 saturated carbocycles. The first-order valence-corrected chi connectivity index (χ1v) is 7.18. The van der Waals surface area contributed by atoms with Gasteiger partial charge in [0.1, 0.15) is 5.54 Å². The van der Waals surface area contributed by atoms with Gasteiger partial charge in [0.05, 0.1) is 12.6 Å². The lowest BCUT2D eigenvalue weighted by atomic mass is 9.97. The molecule has 1 atom stereocenters. The van der Waals surface area contributed by atoms with Crippen LogP contribution in [0.4, 0.5) is 0 Å². The predicted octanol–water partition coefficient (Wildman–Crippen LogP) is -0.835. The molecule has 0 spiro atoms. The molecule has 0 bridgehead atoms. The van der Waals surface area contributed by atoms with Gasteiger partial charge >= 0.3 is 0 Å². The third-order valence-electron chi connectivity index (χ3n) is 3.94. The number of carbonyl (C=O) groups is 3. The maximum absolute atomic E-state index is 12.3. The summed E-state index contributed by atoms with van der Waals surface area (Å²) >= 11 is 0. The fourth-order valence-corrected chi connectivity index (χ4v) is 2.33. The number of amides is 3. The van der Waals surface area contributed by atoms with Crippen LogP contribution in [-0.2, 0) is 14.4 Å². The van der Waals surface area contributed by atoms with Crippen LogP contribution in [-0.4, -0.2) is 65.8 Å². The average molecular weight is 298 g/mol. The second-order valence-electron chi connectivity index (χ2n) is 6.32. The highest BCUT2D eigenvalue weighted by molar-refractivity contribution is 5.94. The molecule has 3 amide bonds. The van der Waals surface area contributed by atoms with Crippen molar-refractivity contribution in [1.82, 2.24) is 15.1 Å². The van der Waals surface area contributed by atoms with Crippen molar-refractivity contribution in [1.29, 1.82) is 0 Å². The second kappa shape index (κ2) is 6.43. The quantitative estimate of drug-likeness (QED) is 0.708. The minimum Gasteiger partial charge on any atom is -0.346 e. The molecule has 7 nitrogen and oxygen atoms in total. The fraction of sp³-hybridized carbons (Fsp3) is 0.786. The molecule has 1 heterocycles. The molecule has 1 saturated heterocycles. The highest BCUT2D eigenvalue weighted by Crippen LogP contribution is 2.21. The smallest absolute Gasteiger partial charge is 0.247 e. The topological polar surface area (TPSA) is 95.7 Å². The maximum atomic E-state index is 12.3. The summed E-state index contributed by atoms with van der Waals surface area (Å²) in [6.45, 7) is 7.92. The van der Waals surface area contributed by atoms with E-state index in [1.165, 1.54) is 4.90 Å². The van der Waals surface area contributed by atoms with Crippen molar-refractivity contribution in [2.45, 2.75) is 39.3 Å². The zero-order chi connectivity index (χ0) is 16.4. The molecule has 0 unspecified atom stereocenters. The highest BCUT2D eigenvalue weighted by Gasteiger charge is 2.42. The van der Waals surface area contributed by atoms with Gasteiger partial charge in [0, 0.05) is 20.1 Å². The van der Waals surface area contributed by atoms with E-state index in [2.05, 4.69) is 5.32 Å². The summed E-state index contributed by atoms with van der Waals surface area (Å²) in [6.07, 6.45) is 0. The summed E-state index contributed by atoms with van der Waals surface area (Å²) in [5.41, 5.74) is 4.83. The van der Waals surface area contributed by atoms with Crippen LogP contribution in [0.5, 0.6) is 0 Å². The SMILES string of the molecule is CC(C)[C@H](N)C(=O)NCC(=O)N1CCN(C)C(=O)C1(C)C. The molecule has 0 aliphatic carbocycles. The first-order chi connectivity index (χ1) is 9.59. The average Bonchev–Trinajstić information content (AvgIpc) is 2.40. The molecule has 0 aromatic rings. The standard InChI is InChI=1S/C14H26N4O3/c1-9(2)11(15)12(20)16-8-10(19)18-7-6-17(5)13(21)14(18,3)4/h9,11H,6-8,15H2,1-5H3,(H,16,20)/t11-/m0/s1. The Balaban J connectivity index is 2.64. The largest absolute Gasteiger partial charge is 0.346 e. The van der Waals surface area contributed by atoms with E-state index in [0.717, 1.165) is 0 Å². The molecule has 1 fully saturated rings. The summed E-state index contributed by atoms with van der Waals surface area (Å²) in [7, 11) is 1.72. The number of piperazine rings is 1. The number of carbonyl (C=O) groups excluding carboxylic acids is 3. The van der Waals surface area contributed by atoms with Crippen LogP contribution in [0.15, 0.2) is 0 Å². The molecule has 0 radical (unpaired) electrons. The summed E-state index contributed by atoms with van der Waals surface area (Å²) in [6, 6.07) is -0.639. The Morgan fingerprint density at radius 2 is 1.90 bits per heavy atom. The van der Waals surface area contributed by atoms with Gasteiger partial charge in [-0.25, -0.2) is 0 Å². The second-order valence-corrected chi connectivity index (χ2v) is 6.32. The number of nitrogens with two attached hydrogens (primary N) is 1. The Hall–Kier alpha value is -1.63. The van der Waals surface area contributed by atoms with Crippen molar-refractivity contribution in [3.8, 4) is 0 Å². The van der Waals surface area contributed by atoms with Crippen LogP contribution in [0.3, 0.4) is 0 Å². The first-order valence-electron chi connectivity index (χ1n) is 7.18. The molecular weight excluding hydrogens is 272 g/mol. The fourth-order valence-electron chi connectivity index (χ4n) is 2.33. The number of hydrogen-bond donors (Lipinski definition) is 2. The Morgan fingerprint density at radius 1 is 1.33 bits per heavy atom. The van der Waals surface area contributed by atoms with Gasteiger partial charge in [0.2, 0.25) is 17.7 Å². The third kappa shape index (κ3) is 3.72. The lowest BCUT2D eigenvalue weighted by Crippen LogP contribution is -2.65. The van der Waals surface area contributed by atoms with Gasteiger partial charge in [-0.2, -0.15) is 0 Å². The molecule has 1 rings (SSSR count). The number of likely N-dealkylation sites (N-methyl/N-ethyl adjacent to an activating group) is 1. The van der Waals surface area contributed by atoms with Crippen molar-refractivity contribution in [2.24, 2.45) is 11.7 Å². The molecule has 21 heavy (non-hydrogen) atoms. The van der Waals surface area contributed by atoms with E-state index in [1.54, 1.807) is 25.8 Å². The van der Waals surface area contributed by atoms with Gasteiger partial charge in [-0.05, 0) is 19.8 Å². The van der Waals surface area contributed by atoms with Gasteiger partial charge in [-0.3, -0.25) is 14.4 Å². The number of nitrogens with one attached hydrogen (secondary N) is 1. The monoisotopic (exact) mass is 298 g/mol. The van der Waals surface area contributed by atoms with E-state index in [-0.39, 0.29) is 30.2 Å². The Morgan fingerprint density at radius 3 is 2.43 bits per heavy atom. The Labute approximate surface area is 125 Å². The van der Waals surface area contributed by atoms with Crippen molar-refractivity contribution in [2.75, 3.05) is 26.7 Å². The zero-order valence-electron chi connectivity index (χ0n) is 13.5. The molecule has 0 aromatic heterocycles. The number of hydrogen-bond acceptors (Lipinski definition) is 4. The van der Waals surface area contributed by atoms with E-state index in [0.29, 0.717) is 13.1 Å². The van der Waals surface area contributed by atoms with Gasteiger partial charge in [0.15, 0.2) is 0 Å². The van der Waals surface area contributed by atoms with Crippen LogP contribution in [0, 0.1) is 5.92 Å². The summed E-state index contributed by atoms with van der Waals surface area (Å²) in [4.78, 5) is 39.3. The summed E-state index contributed by atoms with van der Waals surface area (Å²) in [5.74, 6) is -0.726. The van der Waals surface area contributed by atoms with E-state index in [1.807, 2.05) is 13.8 Å². The minimum atomic E-state index is -0.894. The van der Waals surface area contributed by atoms with Crippen molar-refractivity contribution in [3.63, 3.8) is 0 Å². The van der Waals surface area contributed by atoms with E-state index in [9.17, 15) is 14.4 Å². The molecular formula is C14H26N4O3. The molecule has 1 aliphatic heterocycles. The van der Waals surface area contributed by atoms with Gasteiger partial charge < -0.3 is 20.9 Å². The van der Waals surface area contributed by atoms with Crippen molar-refractivity contribution in [3.05, 3.63) is 0 Å². The molecule has 3 N–H and O–H groups in total. The maximum Gasteiger partial charge on any atom is 0.247 e. The lowest BCUT2D eigenvalue weighted by Gasteiger charge is -2.44. The van der Waals surface area contributed by atoms with Crippen LogP contribution in [0.1, 0.15) is 27.7 Å². The molecule has 1 aliphatic rings. The van der Waals surface area contributed by atoms with Crippen molar-refractivity contribution >= 4 is 17.7 Å². The zero-order valence-corrected chi connectivity index (χ0v) is 13.5. The number of rotatable bonds is 4. The number of nitrogens with zero attached hydrogens (tertiary/aromatic N) is 2. The normalized spacial score (nSPS) is 19.7. The van der Waals surface area contributed by atoms with Gasteiger partial charge in [-0.15, -0.1) is 0 Å². The highest BCUT2D eigenvalue weighted by atomic mass is 16.2. The first kappa shape index (κ1) is 17.4.